The van der Waals surface area contributed by atoms with Gasteiger partial charge in [-0.15, -0.1) is 0 Å². The summed E-state index contributed by atoms with van der Waals surface area (Å²) in [5, 5.41) is 8.76. The van der Waals surface area contributed by atoms with E-state index in [1.54, 1.807) is 12.1 Å². The fourth-order valence-electron chi connectivity index (χ4n) is 0.545. The van der Waals surface area contributed by atoms with E-state index in [2.05, 4.69) is 0 Å². The van der Waals surface area contributed by atoms with E-state index in [1.165, 1.54) is 5.56 Å². The quantitative estimate of drug-likeness (QED) is 0.523. The summed E-state index contributed by atoms with van der Waals surface area (Å²) in [4.78, 5) is 0. The van der Waals surface area contributed by atoms with Crippen molar-refractivity contribution in [1.29, 1.82) is 0 Å². The number of benzene rings is 1. The molecule has 9 heavy (non-hydrogen) atoms. The third kappa shape index (κ3) is 2.89. The zero-order valence-corrected chi connectivity index (χ0v) is 4.76. The molecule has 0 saturated heterocycles. The third-order valence-electron chi connectivity index (χ3n) is 1.03. The summed E-state index contributed by atoms with van der Waals surface area (Å²) >= 11 is 0. The van der Waals surface area contributed by atoms with Crippen LogP contribution in [-0.4, -0.2) is 34.7 Å². The Hall–Kier alpha value is 0.0200. The summed E-state index contributed by atoms with van der Waals surface area (Å²) in [6, 6.07) is 7.09. The Morgan fingerprint density at radius 2 is 1.56 bits per heavy atom. The molecule has 1 rings (SSSR count). The van der Waals surface area contributed by atoms with Crippen molar-refractivity contribution in [3.63, 3.8) is 0 Å². The van der Waals surface area contributed by atoms with Gasteiger partial charge in [0.2, 0.25) is 0 Å². The monoisotopic (exact) mass is 132 g/mol. The third-order valence-corrected chi connectivity index (χ3v) is 1.03. The molecule has 2 heteroatoms. The van der Waals surface area contributed by atoms with E-state index in [0.29, 0.717) is 5.75 Å². The minimum atomic E-state index is 0. The number of phenols is 1. The molecule has 0 aliphatic heterocycles. The van der Waals surface area contributed by atoms with Crippen molar-refractivity contribution >= 4 is 29.6 Å². The predicted molar refractivity (Wildman–Crippen MR) is 40.0 cm³/mol. The molecule has 0 fully saturated rings. The van der Waals surface area contributed by atoms with Gasteiger partial charge in [0.05, 0.1) is 0 Å². The van der Waals surface area contributed by atoms with Gasteiger partial charge in [0.25, 0.3) is 0 Å². The molecule has 1 nitrogen and oxygen atoms in total. The molecule has 0 atom stereocenters. The van der Waals surface area contributed by atoms with Crippen LogP contribution in [0.5, 0.6) is 5.75 Å². The number of hydrogen-bond donors (Lipinski definition) is 1. The summed E-state index contributed by atoms with van der Waals surface area (Å²) in [6.07, 6.45) is 0. The molecule has 0 bridgehead atoms. The number of aryl methyl sites for hydroxylation is 1. The molecule has 1 aromatic rings. The summed E-state index contributed by atoms with van der Waals surface area (Å²) in [5.74, 6) is 0.329. The van der Waals surface area contributed by atoms with Crippen LogP contribution in [0.4, 0.5) is 0 Å². The van der Waals surface area contributed by atoms with Crippen LogP contribution in [0.3, 0.4) is 0 Å². The molecular formula is C7H9NaO. The molecule has 0 aliphatic rings. The van der Waals surface area contributed by atoms with Crippen LogP contribution < -0.4 is 0 Å². The second-order valence-electron chi connectivity index (χ2n) is 1.84. The SMILES string of the molecule is Cc1ccc(O)cc1.[NaH]. The van der Waals surface area contributed by atoms with E-state index in [0.717, 1.165) is 0 Å². The van der Waals surface area contributed by atoms with Gasteiger partial charge in [-0.3, -0.25) is 0 Å². The molecule has 0 spiro atoms. The summed E-state index contributed by atoms with van der Waals surface area (Å²) in [6.45, 7) is 1.99. The average molecular weight is 132 g/mol. The van der Waals surface area contributed by atoms with Gasteiger partial charge in [-0.25, -0.2) is 0 Å². The Balaban J connectivity index is 0.000000640. The zero-order valence-electron chi connectivity index (χ0n) is 4.76. The molecule has 0 amide bonds. The fraction of sp³-hybridized carbons (Fsp3) is 0.143. The van der Waals surface area contributed by atoms with E-state index in [-0.39, 0.29) is 29.6 Å². The number of aromatic hydroxyl groups is 1. The van der Waals surface area contributed by atoms with Crippen molar-refractivity contribution in [2.24, 2.45) is 0 Å². The van der Waals surface area contributed by atoms with Crippen molar-refractivity contribution < 1.29 is 5.11 Å². The fourth-order valence-corrected chi connectivity index (χ4v) is 0.545. The van der Waals surface area contributed by atoms with E-state index in [1.807, 2.05) is 19.1 Å². The van der Waals surface area contributed by atoms with Crippen molar-refractivity contribution in [2.75, 3.05) is 0 Å². The van der Waals surface area contributed by atoms with Crippen LogP contribution in [0.25, 0.3) is 0 Å². The van der Waals surface area contributed by atoms with Crippen molar-refractivity contribution in [2.45, 2.75) is 6.92 Å². The van der Waals surface area contributed by atoms with Gasteiger partial charge in [0.15, 0.2) is 0 Å². The Labute approximate surface area is 77.0 Å². The second-order valence-corrected chi connectivity index (χ2v) is 1.84. The van der Waals surface area contributed by atoms with Crippen molar-refractivity contribution in [1.82, 2.24) is 0 Å². The summed E-state index contributed by atoms with van der Waals surface area (Å²) in [7, 11) is 0. The minimum absolute atomic E-state index is 0. The Morgan fingerprint density at radius 1 is 1.11 bits per heavy atom. The zero-order chi connectivity index (χ0) is 5.98. The maximum absolute atomic E-state index is 8.76. The molecule has 0 heterocycles. The van der Waals surface area contributed by atoms with Gasteiger partial charge < -0.3 is 5.11 Å². The molecular weight excluding hydrogens is 123 g/mol. The molecule has 1 N–H and O–H groups in total. The second kappa shape index (κ2) is 3.94. The van der Waals surface area contributed by atoms with Crippen LogP contribution in [-0.2, 0) is 0 Å². The number of phenolic OH excluding ortho intramolecular Hbond substituents is 1. The topological polar surface area (TPSA) is 20.2 Å². The average Bonchev–Trinajstić information content (AvgIpc) is 1.77. The summed E-state index contributed by atoms with van der Waals surface area (Å²) < 4.78 is 0. The Bertz CT molecular complexity index is 148. The van der Waals surface area contributed by atoms with Crippen LogP contribution in [0, 0.1) is 6.92 Å². The van der Waals surface area contributed by atoms with Crippen LogP contribution in [0.2, 0.25) is 0 Å². The standard InChI is InChI=1S/C7H8O.Na.H/c1-6-2-4-7(8)5-3-6;;/h2-5,8H,1H3;;. The first-order chi connectivity index (χ1) is 3.79. The molecule has 0 saturated carbocycles. The van der Waals surface area contributed by atoms with E-state index >= 15 is 0 Å². The first-order valence-corrected chi connectivity index (χ1v) is 2.54. The van der Waals surface area contributed by atoms with Crippen LogP contribution in [0.1, 0.15) is 5.56 Å². The molecule has 1 aromatic carbocycles. The van der Waals surface area contributed by atoms with E-state index in [4.69, 9.17) is 5.11 Å². The van der Waals surface area contributed by atoms with Gasteiger partial charge in [-0.2, -0.15) is 0 Å². The first-order valence-electron chi connectivity index (χ1n) is 2.54. The van der Waals surface area contributed by atoms with Crippen molar-refractivity contribution in [3.8, 4) is 5.75 Å². The van der Waals surface area contributed by atoms with Crippen molar-refractivity contribution in [3.05, 3.63) is 29.8 Å². The predicted octanol–water partition coefficient (Wildman–Crippen LogP) is 1.05. The Morgan fingerprint density at radius 3 is 1.89 bits per heavy atom. The Kier molecular flexibility index (Phi) is 3.95. The van der Waals surface area contributed by atoms with Gasteiger partial charge in [0.1, 0.15) is 5.75 Å². The molecule has 0 unspecified atom stereocenters. The molecule has 0 aliphatic carbocycles. The van der Waals surface area contributed by atoms with E-state index in [9.17, 15) is 0 Å². The van der Waals surface area contributed by atoms with Crippen LogP contribution in [0.15, 0.2) is 24.3 Å². The van der Waals surface area contributed by atoms with E-state index < -0.39 is 0 Å². The van der Waals surface area contributed by atoms with Gasteiger partial charge in [-0.1, -0.05) is 17.7 Å². The number of rotatable bonds is 0. The van der Waals surface area contributed by atoms with Gasteiger partial charge in [-0.05, 0) is 19.1 Å². The van der Waals surface area contributed by atoms with Gasteiger partial charge in [0, 0.05) is 0 Å². The molecule has 44 valence electrons. The number of hydrogen-bond acceptors (Lipinski definition) is 1. The molecule has 0 radical (unpaired) electrons. The van der Waals surface area contributed by atoms with Gasteiger partial charge >= 0.3 is 29.6 Å². The normalized spacial score (nSPS) is 8.11. The molecule has 0 aromatic heterocycles. The summed E-state index contributed by atoms with van der Waals surface area (Å²) in [5.41, 5.74) is 1.17. The maximum atomic E-state index is 8.76. The first kappa shape index (κ1) is 9.02. The van der Waals surface area contributed by atoms with Crippen LogP contribution >= 0.6 is 0 Å².